The summed E-state index contributed by atoms with van der Waals surface area (Å²) >= 11 is 0. The zero-order valence-electron chi connectivity index (χ0n) is 15.2. The number of hydrogen-bond acceptors (Lipinski definition) is 3. The Kier molecular flexibility index (Phi) is 3.85. The molecule has 3 rings (SSSR count). The van der Waals surface area contributed by atoms with Crippen molar-refractivity contribution in [3.8, 4) is 0 Å². The number of ketones is 1. The van der Waals surface area contributed by atoms with Gasteiger partial charge in [-0.3, -0.25) is 4.79 Å². The Morgan fingerprint density at radius 1 is 1.17 bits per heavy atom. The molecule has 3 heteroatoms. The van der Waals surface area contributed by atoms with Gasteiger partial charge < -0.3 is 9.84 Å². The minimum absolute atomic E-state index is 0.136. The highest BCUT2D eigenvalue weighted by molar-refractivity contribution is 5.86. The molecule has 3 fully saturated rings. The van der Waals surface area contributed by atoms with Gasteiger partial charge in [-0.1, -0.05) is 19.9 Å². The van der Waals surface area contributed by atoms with E-state index in [4.69, 9.17) is 4.74 Å². The lowest BCUT2D eigenvalue weighted by atomic mass is 9.43. The van der Waals surface area contributed by atoms with Crippen molar-refractivity contribution >= 4 is 5.78 Å². The van der Waals surface area contributed by atoms with Gasteiger partial charge in [-0.05, 0) is 57.3 Å². The maximum Gasteiger partial charge on any atom is 0.139 e. The molecule has 3 nitrogen and oxygen atoms in total. The number of hydrogen-bond donors (Lipinski definition) is 1. The van der Waals surface area contributed by atoms with Gasteiger partial charge in [0, 0.05) is 24.4 Å². The Bertz CT molecular complexity index is 529. The molecule has 23 heavy (non-hydrogen) atoms. The van der Waals surface area contributed by atoms with Crippen LogP contribution in [0.5, 0.6) is 0 Å². The number of carbonyl (C=O) groups excluding carboxylic acids is 1. The number of Topliss-reactive ketones (excluding diaryl/α,β-unsaturated/α-hetero) is 1. The average molecular weight is 320 g/mol. The van der Waals surface area contributed by atoms with E-state index in [0.717, 1.165) is 32.1 Å². The highest BCUT2D eigenvalue weighted by atomic mass is 16.5. The number of carbonyl (C=O) groups is 1. The van der Waals surface area contributed by atoms with E-state index < -0.39 is 0 Å². The SMILES string of the molecule is C=C[C@@]1(C)CC[C@@H]2[C@@]3(C)C(=O)CC[C@@](C)(CO)[C@@H]3CC[C@@]2(C)O1. The summed E-state index contributed by atoms with van der Waals surface area (Å²) in [5.41, 5.74) is -1.06. The second-order valence-corrected chi connectivity index (χ2v) is 9.13. The minimum atomic E-state index is -0.370. The molecule has 0 radical (unpaired) electrons. The normalized spacial score (nSPS) is 53.3. The van der Waals surface area contributed by atoms with Crippen LogP contribution in [0.15, 0.2) is 12.7 Å². The van der Waals surface area contributed by atoms with Crippen molar-refractivity contribution in [2.45, 2.75) is 77.4 Å². The maximum atomic E-state index is 13.0. The standard InChI is InChI=1S/C20H32O3/c1-6-18(3)11-7-15-19(4,23-18)12-8-14-17(2,13-21)10-9-16(22)20(14,15)5/h6,14-15,21H,1,7-13H2,2-5H3/t14-,15-,17-,18-,19+,20-/m0/s1. The summed E-state index contributed by atoms with van der Waals surface area (Å²) < 4.78 is 6.55. The molecule has 1 aliphatic heterocycles. The van der Waals surface area contributed by atoms with Gasteiger partial charge >= 0.3 is 0 Å². The van der Waals surface area contributed by atoms with Crippen LogP contribution in [-0.2, 0) is 9.53 Å². The third kappa shape index (κ3) is 2.26. The van der Waals surface area contributed by atoms with Crippen molar-refractivity contribution in [3.05, 3.63) is 12.7 Å². The molecule has 1 saturated heterocycles. The summed E-state index contributed by atoms with van der Waals surface area (Å²) in [7, 11) is 0. The Labute approximate surface area is 140 Å². The van der Waals surface area contributed by atoms with Crippen LogP contribution >= 0.6 is 0 Å². The molecular weight excluding hydrogens is 288 g/mol. The van der Waals surface area contributed by atoms with Crippen LogP contribution in [0.3, 0.4) is 0 Å². The Morgan fingerprint density at radius 2 is 1.83 bits per heavy atom. The van der Waals surface area contributed by atoms with Gasteiger partial charge in [0.2, 0.25) is 0 Å². The zero-order chi connectivity index (χ0) is 17.1. The predicted octanol–water partition coefficient (Wildman–Crippen LogP) is 3.89. The van der Waals surface area contributed by atoms with Crippen LogP contribution in [-0.4, -0.2) is 28.7 Å². The Morgan fingerprint density at radius 3 is 2.43 bits per heavy atom. The quantitative estimate of drug-likeness (QED) is 0.785. The van der Waals surface area contributed by atoms with Crippen molar-refractivity contribution in [1.29, 1.82) is 0 Å². The first kappa shape index (κ1) is 17.2. The first-order valence-corrected chi connectivity index (χ1v) is 9.11. The second kappa shape index (κ2) is 5.16. The number of aliphatic hydroxyl groups excluding tert-OH is 1. The molecule has 2 saturated carbocycles. The van der Waals surface area contributed by atoms with Crippen LogP contribution in [0.25, 0.3) is 0 Å². The predicted molar refractivity (Wildman–Crippen MR) is 91.1 cm³/mol. The van der Waals surface area contributed by atoms with E-state index in [2.05, 4.69) is 34.3 Å². The van der Waals surface area contributed by atoms with E-state index in [9.17, 15) is 9.90 Å². The van der Waals surface area contributed by atoms with Gasteiger partial charge in [-0.15, -0.1) is 6.58 Å². The average Bonchev–Trinajstić information content (AvgIpc) is 2.50. The van der Waals surface area contributed by atoms with Gasteiger partial charge in [0.1, 0.15) is 5.78 Å². The van der Waals surface area contributed by atoms with Crippen molar-refractivity contribution in [2.75, 3.05) is 6.61 Å². The summed E-state index contributed by atoms with van der Waals surface area (Å²) in [4.78, 5) is 13.0. The van der Waals surface area contributed by atoms with E-state index >= 15 is 0 Å². The van der Waals surface area contributed by atoms with Gasteiger partial charge in [-0.25, -0.2) is 0 Å². The smallest absolute Gasteiger partial charge is 0.139 e. The van der Waals surface area contributed by atoms with Gasteiger partial charge in [-0.2, -0.15) is 0 Å². The van der Waals surface area contributed by atoms with Crippen LogP contribution in [0.4, 0.5) is 0 Å². The molecule has 0 aromatic heterocycles. The third-order valence-electron chi connectivity index (χ3n) is 7.67. The van der Waals surface area contributed by atoms with E-state index in [1.807, 2.05) is 6.08 Å². The molecule has 1 heterocycles. The molecule has 6 atom stereocenters. The molecule has 0 unspecified atom stereocenters. The van der Waals surface area contributed by atoms with E-state index in [1.165, 1.54) is 0 Å². The van der Waals surface area contributed by atoms with Crippen molar-refractivity contribution in [2.24, 2.45) is 22.7 Å². The Hall–Kier alpha value is -0.670. The molecule has 0 bridgehead atoms. The van der Waals surface area contributed by atoms with Gasteiger partial charge in [0.05, 0.1) is 11.2 Å². The van der Waals surface area contributed by atoms with Crippen LogP contribution in [0, 0.1) is 22.7 Å². The molecule has 3 aliphatic rings. The molecule has 1 N–H and O–H groups in total. The number of fused-ring (bicyclic) bond motifs is 3. The lowest BCUT2D eigenvalue weighted by Crippen LogP contribution is -2.65. The summed E-state index contributed by atoms with van der Waals surface area (Å²) in [6.07, 6.45) is 7.17. The first-order valence-electron chi connectivity index (χ1n) is 9.11. The lowest BCUT2D eigenvalue weighted by molar-refractivity contribution is -0.249. The van der Waals surface area contributed by atoms with Crippen LogP contribution < -0.4 is 0 Å². The number of ether oxygens (including phenoxy) is 1. The van der Waals surface area contributed by atoms with Crippen molar-refractivity contribution in [3.63, 3.8) is 0 Å². The number of aliphatic hydroxyl groups is 1. The van der Waals surface area contributed by atoms with Gasteiger partial charge in [0.15, 0.2) is 0 Å². The molecular formula is C20H32O3. The summed E-state index contributed by atoms with van der Waals surface area (Å²) in [5, 5.41) is 10.0. The molecule has 2 aliphatic carbocycles. The molecule has 0 aromatic carbocycles. The maximum absolute atomic E-state index is 13.0. The molecule has 0 aromatic rings. The topological polar surface area (TPSA) is 46.5 Å². The third-order valence-corrected chi connectivity index (χ3v) is 7.67. The molecule has 130 valence electrons. The van der Waals surface area contributed by atoms with Crippen LogP contribution in [0.1, 0.15) is 66.2 Å². The molecule has 0 amide bonds. The monoisotopic (exact) mass is 320 g/mol. The van der Waals surface area contributed by atoms with E-state index in [1.54, 1.807) is 0 Å². The van der Waals surface area contributed by atoms with Crippen molar-refractivity contribution < 1.29 is 14.6 Å². The summed E-state index contributed by atoms with van der Waals surface area (Å²) in [6.45, 7) is 12.8. The largest absolute Gasteiger partial charge is 0.396 e. The summed E-state index contributed by atoms with van der Waals surface area (Å²) in [5.74, 6) is 0.881. The highest BCUT2D eigenvalue weighted by Gasteiger charge is 2.65. The van der Waals surface area contributed by atoms with Crippen LogP contribution in [0.2, 0.25) is 0 Å². The first-order chi connectivity index (χ1) is 10.6. The highest BCUT2D eigenvalue weighted by Crippen LogP contribution is 2.64. The van der Waals surface area contributed by atoms with Crippen molar-refractivity contribution in [1.82, 2.24) is 0 Å². The Balaban J connectivity index is 2.01. The number of rotatable bonds is 2. The fraction of sp³-hybridized carbons (Fsp3) is 0.850. The minimum Gasteiger partial charge on any atom is -0.396 e. The molecule has 0 spiro atoms. The summed E-state index contributed by atoms with van der Waals surface area (Å²) in [6, 6.07) is 0. The van der Waals surface area contributed by atoms with Gasteiger partial charge in [0.25, 0.3) is 0 Å². The second-order valence-electron chi connectivity index (χ2n) is 9.13. The lowest BCUT2D eigenvalue weighted by Gasteiger charge is -2.64. The fourth-order valence-electron chi connectivity index (χ4n) is 6.16. The fourth-order valence-corrected chi connectivity index (χ4v) is 6.16. The van der Waals surface area contributed by atoms with E-state index in [-0.39, 0.29) is 40.5 Å². The van der Waals surface area contributed by atoms with E-state index in [0.29, 0.717) is 12.2 Å². The zero-order valence-corrected chi connectivity index (χ0v) is 15.2.